The highest BCUT2D eigenvalue weighted by Crippen LogP contribution is 2.14. The number of sulfone groups is 1. The number of aromatic nitrogens is 2. The van der Waals surface area contributed by atoms with Crippen molar-refractivity contribution in [2.45, 2.75) is 13.5 Å². The van der Waals surface area contributed by atoms with Crippen molar-refractivity contribution < 1.29 is 8.42 Å². The molecule has 0 saturated carbocycles. The van der Waals surface area contributed by atoms with Crippen LogP contribution in [0.3, 0.4) is 0 Å². The lowest BCUT2D eigenvalue weighted by Crippen LogP contribution is -2.29. The van der Waals surface area contributed by atoms with E-state index in [1.807, 2.05) is 19.0 Å². The van der Waals surface area contributed by atoms with E-state index in [1.54, 1.807) is 6.92 Å². The largest absolute Gasteiger partial charge is 0.381 e. The smallest absolute Gasteiger partial charge is 0.287 e. The molecule has 0 unspecified atom stereocenters. The van der Waals surface area contributed by atoms with Crippen LogP contribution in [0.4, 0.5) is 5.69 Å². The van der Waals surface area contributed by atoms with Crippen LogP contribution in [-0.2, 0) is 16.4 Å². The summed E-state index contributed by atoms with van der Waals surface area (Å²) in [6.07, 6.45) is 1.44. The highest BCUT2D eigenvalue weighted by atomic mass is 35.5. The Balaban J connectivity index is 2.74. The predicted octanol–water partition coefficient (Wildman–Crippen LogP) is 0.305. The van der Waals surface area contributed by atoms with Gasteiger partial charge in [0.15, 0.2) is 9.84 Å². The van der Waals surface area contributed by atoms with Gasteiger partial charge in [-0.1, -0.05) is 18.5 Å². The molecule has 1 aromatic rings. The summed E-state index contributed by atoms with van der Waals surface area (Å²) in [6.45, 7) is 2.90. The van der Waals surface area contributed by atoms with E-state index in [4.69, 9.17) is 11.6 Å². The van der Waals surface area contributed by atoms with Gasteiger partial charge in [0, 0.05) is 18.8 Å². The molecule has 0 bridgehead atoms. The van der Waals surface area contributed by atoms with Crippen molar-refractivity contribution in [1.82, 2.24) is 14.7 Å². The molecular formula is C12H21ClN4O3S. The SMILES string of the molecule is CCS(=O)(=O)CCNc1cnn(CCN(C)C)c(=O)c1Cl. The van der Waals surface area contributed by atoms with Crippen LogP contribution >= 0.6 is 11.6 Å². The van der Waals surface area contributed by atoms with Gasteiger partial charge in [0.2, 0.25) is 0 Å². The van der Waals surface area contributed by atoms with Crippen LogP contribution in [-0.4, -0.2) is 61.8 Å². The fourth-order valence-corrected chi connectivity index (χ4v) is 2.44. The normalized spacial score (nSPS) is 11.9. The van der Waals surface area contributed by atoms with Gasteiger partial charge in [-0.3, -0.25) is 4.79 Å². The summed E-state index contributed by atoms with van der Waals surface area (Å²) < 4.78 is 24.1. The summed E-state index contributed by atoms with van der Waals surface area (Å²) in [6, 6.07) is 0. The maximum absolute atomic E-state index is 12.0. The molecule has 120 valence electrons. The Morgan fingerprint density at radius 2 is 2.10 bits per heavy atom. The number of hydrogen-bond donors (Lipinski definition) is 1. The molecule has 0 aliphatic rings. The molecule has 0 saturated heterocycles. The molecule has 0 amide bonds. The summed E-state index contributed by atoms with van der Waals surface area (Å²) in [5.41, 5.74) is -0.0315. The van der Waals surface area contributed by atoms with E-state index < -0.39 is 9.84 Å². The molecule has 1 aromatic heterocycles. The second kappa shape index (κ2) is 7.77. The quantitative estimate of drug-likeness (QED) is 0.735. The molecule has 9 heteroatoms. The van der Waals surface area contributed by atoms with Crippen LogP contribution in [0, 0.1) is 0 Å². The number of likely N-dealkylation sites (N-methyl/N-ethyl adjacent to an activating group) is 1. The fourth-order valence-electron chi connectivity index (χ4n) is 1.53. The molecule has 0 radical (unpaired) electrons. The number of nitrogens with one attached hydrogen (secondary N) is 1. The maximum Gasteiger partial charge on any atom is 0.287 e. The first-order valence-corrected chi connectivity index (χ1v) is 8.81. The first kappa shape index (κ1) is 17.9. The number of hydrogen-bond acceptors (Lipinski definition) is 6. The van der Waals surface area contributed by atoms with Crippen molar-refractivity contribution in [3.8, 4) is 0 Å². The van der Waals surface area contributed by atoms with E-state index in [-0.39, 0.29) is 28.6 Å². The molecule has 0 fully saturated rings. The zero-order valence-electron chi connectivity index (χ0n) is 12.5. The second-order valence-corrected chi connectivity index (χ2v) is 7.72. The first-order chi connectivity index (χ1) is 9.76. The Hall–Kier alpha value is -1.12. The van der Waals surface area contributed by atoms with Crippen molar-refractivity contribution in [2.24, 2.45) is 0 Å². The third kappa shape index (κ3) is 5.64. The second-order valence-electron chi connectivity index (χ2n) is 4.87. The molecule has 0 aromatic carbocycles. The van der Waals surface area contributed by atoms with Crippen molar-refractivity contribution in [3.05, 3.63) is 21.6 Å². The van der Waals surface area contributed by atoms with Crippen molar-refractivity contribution in [2.75, 3.05) is 44.0 Å². The fraction of sp³-hybridized carbons (Fsp3) is 0.667. The van der Waals surface area contributed by atoms with Crippen molar-refractivity contribution >= 4 is 27.1 Å². The molecule has 0 spiro atoms. The van der Waals surface area contributed by atoms with Gasteiger partial charge >= 0.3 is 0 Å². The molecular weight excluding hydrogens is 316 g/mol. The van der Waals surface area contributed by atoms with Crippen LogP contribution in [0.25, 0.3) is 0 Å². The molecule has 1 N–H and O–H groups in total. The third-order valence-corrected chi connectivity index (χ3v) is 4.98. The van der Waals surface area contributed by atoms with E-state index in [2.05, 4.69) is 10.4 Å². The van der Waals surface area contributed by atoms with E-state index in [0.717, 1.165) is 0 Å². The van der Waals surface area contributed by atoms with E-state index in [1.165, 1.54) is 10.9 Å². The predicted molar refractivity (Wildman–Crippen MR) is 84.9 cm³/mol. The summed E-state index contributed by atoms with van der Waals surface area (Å²) in [4.78, 5) is 13.9. The van der Waals surface area contributed by atoms with Crippen LogP contribution in [0.15, 0.2) is 11.0 Å². The summed E-state index contributed by atoms with van der Waals surface area (Å²) in [5, 5.41) is 6.89. The van der Waals surface area contributed by atoms with E-state index >= 15 is 0 Å². The van der Waals surface area contributed by atoms with Crippen molar-refractivity contribution in [3.63, 3.8) is 0 Å². The lowest BCUT2D eigenvalue weighted by atomic mass is 10.4. The van der Waals surface area contributed by atoms with Gasteiger partial charge in [-0.25, -0.2) is 13.1 Å². The van der Waals surface area contributed by atoms with Gasteiger partial charge in [0.25, 0.3) is 5.56 Å². The number of anilines is 1. The van der Waals surface area contributed by atoms with Gasteiger partial charge in [-0.2, -0.15) is 5.10 Å². The first-order valence-electron chi connectivity index (χ1n) is 6.61. The Labute approximate surface area is 129 Å². The van der Waals surface area contributed by atoms with Crippen LogP contribution in [0.5, 0.6) is 0 Å². The minimum Gasteiger partial charge on any atom is -0.381 e. The minimum absolute atomic E-state index is 0.0104. The lowest BCUT2D eigenvalue weighted by Gasteiger charge is -2.12. The van der Waals surface area contributed by atoms with Gasteiger partial charge in [0.1, 0.15) is 5.02 Å². The summed E-state index contributed by atoms with van der Waals surface area (Å²) in [5.74, 6) is 0.0797. The molecule has 1 rings (SSSR count). The molecule has 21 heavy (non-hydrogen) atoms. The molecule has 1 heterocycles. The number of nitrogens with zero attached hydrogens (tertiary/aromatic N) is 3. The average Bonchev–Trinajstić information content (AvgIpc) is 2.42. The van der Waals surface area contributed by atoms with E-state index in [0.29, 0.717) is 18.8 Å². The van der Waals surface area contributed by atoms with Crippen LogP contribution < -0.4 is 10.9 Å². The van der Waals surface area contributed by atoms with Gasteiger partial charge in [-0.15, -0.1) is 0 Å². The van der Waals surface area contributed by atoms with Crippen LogP contribution in [0.2, 0.25) is 5.02 Å². The standard InChI is InChI=1S/C12H21ClN4O3S/c1-4-21(19,20)8-5-14-10-9-15-17(7-6-16(2)3)12(18)11(10)13/h9,14H,4-8H2,1-3H3. The van der Waals surface area contributed by atoms with Crippen molar-refractivity contribution in [1.29, 1.82) is 0 Å². The molecule has 0 aliphatic heterocycles. The topological polar surface area (TPSA) is 84.3 Å². The zero-order chi connectivity index (χ0) is 16.0. The molecule has 0 atom stereocenters. The Kier molecular flexibility index (Phi) is 6.63. The zero-order valence-corrected chi connectivity index (χ0v) is 14.0. The Morgan fingerprint density at radius 3 is 2.67 bits per heavy atom. The van der Waals surface area contributed by atoms with Gasteiger partial charge in [-0.05, 0) is 14.1 Å². The average molecular weight is 337 g/mol. The lowest BCUT2D eigenvalue weighted by molar-refractivity contribution is 0.367. The van der Waals surface area contributed by atoms with Gasteiger partial charge in [0.05, 0.1) is 24.2 Å². The highest BCUT2D eigenvalue weighted by Gasteiger charge is 2.11. The highest BCUT2D eigenvalue weighted by molar-refractivity contribution is 7.91. The number of rotatable bonds is 8. The minimum atomic E-state index is -3.05. The Morgan fingerprint density at radius 1 is 1.43 bits per heavy atom. The third-order valence-electron chi connectivity index (χ3n) is 2.91. The summed E-state index contributed by atoms with van der Waals surface area (Å²) >= 11 is 6.00. The molecule has 7 nitrogen and oxygen atoms in total. The maximum atomic E-state index is 12.0. The Bertz CT molecular complexity index is 628. The monoisotopic (exact) mass is 336 g/mol. The van der Waals surface area contributed by atoms with Crippen LogP contribution in [0.1, 0.15) is 6.92 Å². The van der Waals surface area contributed by atoms with Gasteiger partial charge < -0.3 is 10.2 Å². The molecule has 0 aliphatic carbocycles. The number of halogens is 1. The summed E-state index contributed by atoms with van der Waals surface area (Å²) in [7, 11) is 0.745. The van der Waals surface area contributed by atoms with E-state index in [9.17, 15) is 13.2 Å².